The average Bonchev–Trinajstić information content (AvgIpc) is 2.41. The number of sulfone groups is 1. The maximum Gasteiger partial charge on any atom is 0.307 e. The number of rotatable bonds is 5. The Morgan fingerprint density at radius 1 is 0.952 bits per heavy atom. The molecular weight excluding hydrogens is 403 g/mol. The van der Waals surface area contributed by atoms with Crippen LogP contribution in [0.1, 0.15) is 11.1 Å². The summed E-state index contributed by atoms with van der Waals surface area (Å²) in [5.74, 6) is -1.01. The highest BCUT2D eigenvalue weighted by Gasteiger charge is 2.15. The van der Waals surface area contributed by atoms with E-state index in [4.69, 9.17) is 5.11 Å². The molecule has 2 aromatic rings. The van der Waals surface area contributed by atoms with Gasteiger partial charge in [-0.3, -0.25) is 4.79 Å². The van der Waals surface area contributed by atoms with Crippen molar-refractivity contribution in [3.63, 3.8) is 0 Å². The predicted octanol–water partition coefficient (Wildman–Crippen LogP) is 2.89. The van der Waals surface area contributed by atoms with E-state index < -0.39 is 15.8 Å². The monoisotopic (exact) mass is 416 g/mol. The second-order valence-corrected chi connectivity index (χ2v) is 7.84. The molecule has 0 aliphatic heterocycles. The van der Waals surface area contributed by atoms with Crippen LogP contribution < -0.4 is 0 Å². The minimum atomic E-state index is -3.42. The van der Waals surface area contributed by atoms with Crippen molar-refractivity contribution in [3.05, 3.63) is 63.2 Å². The number of hydrogen-bond donors (Lipinski definition) is 1. The molecule has 2 rings (SSSR count). The highest BCUT2D eigenvalue weighted by atomic mass is 127. The van der Waals surface area contributed by atoms with E-state index in [0.717, 1.165) is 9.13 Å². The third kappa shape index (κ3) is 4.53. The maximum absolute atomic E-state index is 12.3. The lowest BCUT2D eigenvalue weighted by molar-refractivity contribution is -0.136. The smallest absolute Gasteiger partial charge is 0.307 e. The fraction of sp³-hybridized carbons (Fsp3) is 0.133. The number of halogens is 1. The van der Waals surface area contributed by atoms with Gasteiger partial charge >= 0.3 is 5.97 Å². The standard InChI is InChI=1S/C15H13IO4S/c16-13-5-1-12(2-6-13)10-21(19,20)14-7-3-11(4-8-14)9-15(17)18/h1-8H,9-10H2,(H,17,18). The summed E-state index contributed by atoms with van der Waals surface area (Å²) in [5.41, 5.74) is 1.31. The van der Waals surface area contributed by atoms with Crippen LogP contribution in [0.2, 0.25) is 0 Å². The molecule has 0 aromatic heterocycles. The lowest BCUT2D eigenvalue weighted by Crippen LogP contribution is -2.06. The summed E-state index contributed by atoms with van der Waals surface area (Å²) in [5, 5.41) is 8.69. The molecule has 0 unspecified atom stereocenters. The molecule has 21 heavy (non-hydrogen) atoms. The molecule has 4 nitrogen and oxygen atoms in total. The average molecular weight is 416 g/mol. The number of carboxylic acid groups (broad SMARTS) is 1. The van der Waals surface area contributed by atoms with Crippen LogP contribution in [0.3, 0.4) is 0 Å². The minimum absolute atomic E-state index is 0.0673. The molecule has 1 N–H and O–H groups in total. The van der Waals surface area contributed by atoms with Gasteiger partial charge in [0.2, 0.25) is 0 Å². The van der Waals surface area contributed by atoms with Crippen LogP contribution in [0, 0.1) is 3.57 Å². The van der Waals surface area contributed by atoms with Gasteiger partial charge in [-0.05, 0) is 58.0 Å². The lowest BCUT2D eigenvalue weighted by Gasteiger charge is -2.06. The van der Waals surface area contributed by atoms with Crippen LogP contribution in [-0.4, -0.2) is 19.5 Å². The van der Waals surface area contributed by atoms with Crippen molar-refractivity contribution in [2.75, 3.05) is 0 Å². The Labute approximate surface area is 136 Å². The predicted molar refractivity (Wildman–Crippen MR) is 87.8 cm³/mol. The molecule has 0 amide bonds. The van der Waals surface area contributed by atoms with Crippen molar-refractivity contribution in [3.8, 4) is 0 Å². The molecule has 0 aliphatic rings. The van der Waals surface area contributed by atoms with E-state index in [1.807, 2.05) is 12.1 Å². The molecule has 0 radical (unpaired) electrons. The van der Waals surface area contributed by atoms with E-state index in [2.05, 4.69) is 22.6 Å². The topological polar surface area (TPSA) is 71.4 Å². The van der Waals surface area contributed by atoms with Crippen LogP contribution in [0.15, 0.2) is 53.4 Å². The van der Waals surface area contributed by atoms with Crippen molar-refractivity contribution in [1.82, 2.24) is 0 Å². The second kappa shape index (κ2) is 6.57. The first-order valence-electron chi connectivity index (χ1n) is 6.15. The first-order valence-corrected chi connectivity index (χ1v) is 8.88. The molecule has 0 fully saturated rings. The Bertz CT molecular complexity index is 734. The Hall–Kier alpha value is -1.41. The fourth-order valence-electron chi connectivity index (χ4n) is 1.87. The van der Waals surface area contributed by atoms with Gasteiger partial charge in [0.05, 0.1) is 17.1 Å². The normalized spacial score (nSPS) is 11.3. The zero-order chi connectivity index (χ0) is 15.5. The zero-order valence-electron chi connectivity index (χ0n) is 11.0. The van der Waals surface area contributed by atoms with Crippen LogP contribution >= 0.6 is 22.6 Å². The maximum atomic E-state index is 12.3. The van der Waals surface area contributed by atoms with Crippen molar-refractivity contribution >= 4 is 38.4 Å². The molecule has 0 spiro atoms. The SMILES string of the molecule is O=C(O)Cc1ccc(S(=O)(=O)Cc2ccc(I)cc2)cc1. The van der Waals surface area contributed by atoms with E-state index in [-0.39, 0.29) is 17.1 Å². The summed E-state index contributed by atoms with van der Waals surface area (Å²) in [6.45, 7) is 0. The first-order chi connectivity index (χ1) is 9.87. The van der Waals surface area contributed by atoms with Gasteiger partial charge in [-0.25, -0.2) is 8.42 Å². The quantitative estimate of drug-likeness (QED) is 0.762. The zero-order valence-corrected chi connectivity index (χ0v) is 14.0. The molecule has 2 aromatic carbocycles. The molecule has 6 heteroatoms. The van der Waals surface area contributed by atoms with Crippen molar-refractivity contribution < 1.29 is 18.3 Å². The fourth-order valence-corrected chi connectivity index (χ4v) is 3.58. The molecule has 0 saturated heterocycles. The molecule has 0 saturated carbocycles. The van der Waals surface area contributed by atoms with Crippen molar-refractivity contribution in [2.24, 2.45) is 0 Å². The largest absolute Gasteiger partial charge is 0.481 e. The van der Waals surface area contributed by atoms with E-state index in [0.29, 0.717) is 5.56 Å². The molecule has 110 valence electrons. The third-order valence-corrected chi connectivity index (χ3v) is 5.33. The van der Waals surface area contributed by atoms with Gasteiger partial charge in [-0.2, -0.15) is 0 Å². The summed E-state index contributed by atoms with van der Waals surface area (Å²) >= 11 is 2.16. The Kier molecular flexibility index (Phi) is 5.00. The van der Waals surface area contributed by atoms with Gasteiger partial charge in [0.1, 0.15) is 0 Å². The lowest BCUT2D eigenvalue weighted by atomic mass is 10.2. The summed E-state index contributed by atoms with van der Waals surface area (Å²) in [6.07, 6.45) is -0.114. The Morgan fingerprint density at radius 2 is 1.48 bits per heavy atom. The summed E-state index contributed by atoms with van der Waals surface area (Å²) < 4.78 is 25.7. The summed E-state index contributed by atoms with van der Waals surface area (Å²) in [7, 11) is -3.42. The summed E-state index contributed by atoms with van der Waals surface area (Å²) in [6, 6.07) is 13.3. The highest BCUT2D eigenvalue weighted by molar-refractivity contribution is 14.1. The molecular formula is C15H13IO4S. The Morgan fingerprint density at radius 3 is 2.00 bits per heavy atom. The molecule has 0 bridgehead atoms. The summed E-state index contributed by atoms with van der Waals surface area (Å²) in [4.78, 5) is 10.8. The minimum Gasteiger partial charge on any atom is -0.481 e. The number of carboxylic acids is 1. The van der Waals surface area contributed by atoms with Crippen molar-refractivity contribution in [1.29, 1.82) is 0 Å². The van der Waals surface area contributed by atoms with Crippen LogP contribution in [0.4, 0.5) is 0 Å². The highest BCUT2D eigenvalue weighted by Crippen LogP contribution is 2.18. The molecule has 0 atom stereocenters. The van der Waals surface area contributed by atoms with E-state index in [9.17, 15) is 13.2 Å². The van der Waals surface area contributed by atoms with Gasteiger partial charge in [0.25, 0.3) is 0 Å². The van der Waals surface area contributed by atoms with Crippen LogP contribution in [0.25, 0.3) is 0 Å². The Balaban J connectivity index is 2.19. The van der Waals surface area contributed by atoms with Gasteiger partial charge < -0.3 is 5.11 Å². The van der Waals surface area contributed by atoms with Gasteiger partial charge in [0.15, 0.2) is 9.84 Å². The van der Waals surface area contributed by atoms with E-state index >= 15 is 0 Å². The van der Waals surface area contributed by atoms with E-state index in [1.165, 1.54) is 24.3 Å². The number of benzene rings is 2. The van der Waals surface area contributed by atoms with E-state index in [1.54, 1.807) is 12.1 Å². The second-order valence-electron chi connectivity index (χ2n) is 4.60. The van der Waals surface area contributed by atoms with Gasteiger partial charge in [-0.1, -0.05) is 24.3 Å². The van der Waals surface area contributed by atoms with Gasteiger partial charge in [0, 0.05) is 3.57 Å². The first kappa shape index (κ1) is 16.0. The molecule has 0 aliphatic carbocycles. The van der Waals surface area contributed by atoms with Crippen LogP contribution in [0.5, 0.6) is 0 Å². The van der Waals surface area contributed by atoms with Crippen molar-refractivity contribution in [2.45, 2.75) is 17.1 Å². The molecule has 0 heterocycles. The number of hydrogen-bond acceptors (Lipinski definition) is 3. The third-order valence-electron chi connectivity index (χ3n) is 2.91. The van der Waals surface area contributed by atoms with Crippen LogP contribution in [-0.2, 0) is 26.8 Å². The van der Waals surface area contributed by atoms with Gasteiger partial charge in [-0.15, -0.1) is 0 Å². The number of aliphatic carboxylic acids is 1. The number of carbonyl (C=O) groups is 1.